The number of likely N-dealkylation sites (tertiary alicyclic amines) is 1. The van der Waals surface area contributed by atoms with Gasteiger partial charge in [-0.05, 0) is 32.3 Å². The highest BCUT2D eigenvalue weighted by Crippen LogP contribution is 2.20. The Morgan fingerprint density at radius 2 is 2.07 bits per heavy atom. The molecule has 1 aromatic heterocycles. The van der Waals surface area contributed by atoms with E-state index in [0.29, 0.717) is 18.6 Å². The molecule has 2 N–H and O–H groups in total. The summed E-state index contributed by atoms with van der Waals surface area (Å²) in [7, 11) is 3.70. The van der Waals surface area contributed by atoms with Gasteiger partial charge in [0.2, 0.25) is 0 Å². The number of ether oxygens (including phenoxy) is 1. The molecule has 0 bridgehead atoms. The number of rotatable bonds is 9. The number of benzene rings is 1. The Hall–Kier alpha value is -2.45. The fraction of sp³-hybridized carbons (Fsp3) is 0.591. The highest BCUT2D eigenvalue weighted by atomic mass is 16.5. The minimum absolute atomic E-state index is 0.360. The summed E-state index contributed by atoms with van der Waals surface area (Å²) in [6.45, 7) is 8.26. The summed E-state index contributed by atoms with van der Waals surface area (Å²) in [6.07, 6.45) is 2.02. The molecule has 2 aromatic rings. The number of hydrogen-bond donors (Lipinski definition) is 2. The summed E-state index contributed by atoms with van der Waals surface area (Å²) in [4.78, 5) is 7.30. The molecule has 0 radical (unpaired) electrons. The number of nitrogens with zero attached hydrogens (tertiary/aromatic N) is 5. The van der Waals surface area contributed by atoms with Crippen LogP contribution in [-0.4, -0.2) is 64.5 Å². The molecule has 2 heterocycles. The standard InChI is InChI=1S/C22H35N7O/c1-17-13-20(16-29(17)15-19-9-6-5-7-10-19)25-22(23-11-8-12-30-4)24-14-21-27-26-18(2)28(21)3/h5-7,9-10,17,20H,8,11-16H2,1-4H3,(H2,23,24,25). The van der Waals surface area contributed by atoms with Gasteiger partial charge in [0.25, 0.3) is 0 Å². The van der Waals surface area contributed by atoms with Crippen molar-refractivity contribution >= 4 is 5.96 Å². The summed E-state index contributed by atoms with van der Waals surface area (Å²) in [5.41, 5.74) is 1.36. The lowest BCUT2D eigenvalue weighted by Crippen LogP contribution is -2.45. The second-order valence-electron chi connectivity index (χ2n) is 8.00. The number of aryl methyl sites for hydroxylation is 1. The average molecular weight is 414 g/mol. The monoisotopic (exact) mass is 413 g/mol. The SMILES string of the molecule is COCCCNC(=NCc1nnc(C)n1C)NC1CC(C)N(Cc2ccccc2)C1. The zero-order valence-electron chi connectivity index (χ0n) is 18.6. The summed E-state index contributed by atoms with van der Waals surface area (Å²) < 4.78 is 7.14. The Balaban J connectivity index is 1.60. The predicted octanol–water partition coefficient (Wildman–Crippen LogP) is 1.86. The van der Waals surface area contributed by atoms with Crippen LogP contribution in [0.25, 0.3) is 0 Å². The quantitative estimate of drug-likeness (QED) is 0.371. The minimum Gasteiger partial charge on any atom is -0.385 e. The first kappa shape index (κ1) is 22.2. The normalized spacial score (nSPS) is 19.9. The Morgan fingerprint density at radius 3 is 2.77 bits per heavy atom. The number of nitrogens with one attached hydrogen (secondary N) is 2. The molecule has 2 atom stereocenters. The van der Waals surface area contributed by atoms with Crippen LogP contribution in [0.4, 0.5) is 0 Å². The zero-order valence-corrected chi connectivity index (χ0v) is 18.6. The molecule has 0 spiro atoms. The van der Waals surface area contributed by atoms with Crippen molar-refractivity contribution in [3.8, 4) is 0 Å². The van der Waals surface area contributed by atoms with E-state index in [1.807, 2.05) is 18.5 Å². The van der Waals surface area contributed by atoms with Crippen molar-refractivity contribution in [3.63, 3.8) is 0 Å². The topological polar surface area (TPSA) is 79.6 Å². The number of aromatic nitrogens is 3. The van der Waals surface area contributed by atoms with Crippen LogP contribution in [0.5, 0.6) is 0 Å². The minimum atomic E-state index is 0.360. The molecule has 8 nitrogen and oxygen atoms in total. The average Bonchev–Trinajstić information content (AvgIpc) is 3.25. The molecule has 1 saturated heterocycles. The molecule has 8 heteroatoms. The third-order valence-corrected chi connectivity index (χ3v) is 5.65. The molecule has 30 heavy (non-hydrogen) atoms. The molecule has 1 aliphatic rings. The van der Waals surface area contributed by atoms with E-state index in [1.54, 1.807) is 7.11 Å². The molecule has 0 amide bonds. The van der Waals surface area contributed by atoms with Crippen LogP contribution >= 0.6 is 0 Å². The summed E-state index contributed by atoms with van der Waals surface area (Å²) in [5, 5.41) is 15.4. The van der Waals surface area contributed by atoms with Crippen LogP contribution in [0.2, 0.25) is 0 Å². The Kier molecular flexibility index (Phi) is 8.21. The van der Waals surface area contributed by atoms with Gasteiger partial charge in [-0.25, -0.2) is 4.99 Å². The van der Waals surface area contributed by atoms with Gasteiger partial charge < -0.3 is 19.9 Å². The van der Waals surface area contributed by atoms with Crippen LogP contribution in [0.3, 0.4) is 0 Å². The van der Waals surface area contributed by atoms with Gasteiger partial charge in [0.15, 0.2) is 11.8 Å². The second kappa shape index (κ2) is 11.1. The Morgan fingerprint density at radius 1 is 1.27 bits per heavy atom. The molecule has 1 aliphatic heterocycles. The molecular formula is C22H35N7O. The van der Waals surface area contributed by atoms with Gasteiger partial charge in [0.1, 0.15) is 12.4 Å². The van der Waals surface area contributed by atoms with Crippen LogP contribution < -0.4 is 10.6 Å². The first-order valence-electron chi connectivity index (χ1n) is 10.7. The van der Waals surface area contributed by atoms with E-state index in [1.165, 1.54) is 5.56 Å². The molecule has 1 fully saturated rings. The molecule has 1 aromatic carbocycles. The first-order valence-corrected chi connectivity index (χ1v) is 10.7. The number of hydrogen-bond acceptors (Lipinski definition) is 5. The number of methoxy groups -OCH3 is 1. The van der Waals surface area contributed by atoms with Crippen LogP contribution in [0.15, 0.2) is 35.3 Å². The van der Waals surface area contributed by atoms with Crippen molar-refractivity contribution in [1.29, 1.82) is 0 Å². The summed E-state index contributed by atoms with van der Waals surface area (Å²) in [6, 6.07) is 11.6. The van der Waals surface area contributed by atoms with Crippen LogP contribution in [-0.2, 0) is 24.9 Å². The van der Waals surface area contributed by atoms with Gasteiger partial charge in [-0.15, -0.1) is 10.2 Å². The maximum absolute atomic E-state index is 5.16. The van der Waals surface area contributed by atoms with Crippen molar-refractivity contribution in [2.75, 3.05) is 26.8 Å². The summed E-state index contributed by atoms with van der Waals surface area (Å²) >= 11 is 0. The van der Waals surface area contributed by atoms with Crippen molar-refractivity contribution in [2.24, 2.45) is 12.0 Å². The predicted molar refractivity (Wildman–Crippen MR) is 119 cm³/mol. The Labute approximate surface area is 179 Å². The first-order chi connectivity index (χ1) is 14.6. The van der Waals surface area contributed by atoms with Crippen molar-refractivity contribution in [2.45, 2.75) is 51.9 Å². The number of guanidine groups is 1. The van der Waals surface area contributed by atoms with E-state index in [2.05, 4.69) is 63.0 Å². The van der Waals surface area contributed by atoms with Gasteiger partial charge in [-0.1, -0.05) is 30.3 Å². The van der Waals surface area contributed by atoms with E-state index >= 15 is 0 Å². The Bertz CT molecular complexity index is 805. The van der Waals surface area contributed by atoms with E-state index in [4.69, 9.17) is 9.73 Å². The summed E-state index contributed by atoms with van der Waals surface area (Å²) in [5.74, 6) is 2.57. The molecule has 0 saturated carbocycles. The van der Waals surface area contributed by atoms with Crippen LogP contribution in [0.1, 0.15) is 37.0 Å². The molecule has 0 aliphatic carbocycles. The van der Waals surface area contributed by atoms with E-state index in [9.17, 15) is 0 Å². The van der Waals surface area contributed by atoms with Gasteiger partial charge in [0.05, 0.1) is 0 Å². The third-order valence-electron chi connectivity index (χ3n) is 5.65. The van der Waals surface area contributed by atoms with E-state index in [0.717, 1.165) is 56.7 Å². The lowest BCUT2D eigenvalue weighted by atomic mass is 10.2. The van der Waals surface area contributed by atoms with E-state index < -0.39 is 0 Å². The maximum Gasteiger partial charge on any atom is 0.191 e. The molecular weight excluding hydrogens is 378 g/mol. The lowest BCUT2D eigenvalue weighted by molar-refractivity contribution is 0.195. The largest absolute Gasteiger partial charge is 0.385 e. The molecule has 164 valence electrons. The molecule has 3 rings (SSSR count). The highest BCUT2D eigenvalue weighted by molar-refractivity contribution is 5.80. The second-order valence-corrected chi connectivity index (χ2v) is 8.00. The third kappa shape index (κ3) is 6.27. The maximum atomic E-state index is 5.16. The van der Waals surface area contributed by atoms with Gasteiger partial charge in [-0.2, -0.15) is 0 Å². The zero-order chi connectivity index (χ0) is 21.3. The van der Waals surface area contributed by atoms with Gasteiger partial charge in [0, 0.05) is 52.5 Å². The fourth-order valence-electron chi connectivity index (χ4n) is 3.75. The van der Waals surface area contributed by atoms with Gasteiger partial charge in [-0.3, -0.25) is 4.90 Å². The van der Waals surface area contributed by atoms with Crippen LogP contribution in [0, 0.1) is 6.92 Å². The molecule has 2 unspecified atom stereocenters. The fourth-order valence-corrected chi connectivity index (χ4v) is 3.75. The smallest absolute Gasteiger partial charge is 0.191 e. The van der Waals surface area contributed by atoms with E-state index in [-0.39, 0.29) is 0 Å². The number of aliphatic imine (C=N–C) groups is 1. The van der Waals surface area contributed by atoms with Crippen molar-refractivity contribution in [3.05, 3.63) is 47.5 Å². The van der Waals surface area contributed by atoms with Crippen molar-refractivity contribution in [1.82, 2.24) is 30.3 Å². The van der Waals surface area contributed by atoms with Gasteiger partial charge >= 0.3 is 0 Å². The van der Waals surface area contributed by atoms with Crippen molar-refractivity contribution < 1.29 is 4.74 Å². The lowest BCUT2D eigenvalue weighted by Gasteiger charge is -2.21. The highest BCUT2D eigenvalue weighted by Gasteiger charge is 2.29.